The fourth-order valence-corrected chi connectivity index (χ4v) is 2.95. The van der Waals surface area contributed by atoms with Gasteiger partial charge in [-0.05, 0) is 24.7 Å². The number of aromatic nitrogens is 2. The zero-order valence-corrected chi connectivity index (χ0v) is 12.6. The van der Waals surface area contributed by atoms with Crippen molar-refractivity contribution >= 4 is 0 Å². The van der Waals surface area contributed by atoms with Gasteiger partial charge in [-0.3, -0.25) is 4.68 Å². The van der Waals surface area contributed by atoms with Crippen LogP contribution in [0.2, 0.25) is 0 Å². The van der Waals surface area contributed by atoms with Crippen LogP contribution < -0.4 is 5.32 Å². The highest BCUT2D eigenvalue weighted by Crippen LogP contribution is 2.23. The van der Waals surface area contributed by atoms with Crippen LogP contribution in [-0.4, -0.2) is 29.0 Å². The van der Waals surface area contributed by atoms with Crippen molar-refractivity contribution in [3.8, 4) is 0 Å². The molecule has 1 aromatic heterocycles. The molecule has 0 bridgehead atoms. The molecule has 0 aliphatic carbocycles. The third-order valence-electron chi connectivity index (χ3n) is 3.95. The van der Waals surface area contributed by atoms with Crippen LogP contribution in [0.4, 0.5) is 0 Å². The molecule has 0 aromatic carbocycles. The molecule has 19 heavy (non-hydrogen) atoms. The summed E-state index contributed by atoms with van der Waals surface area (Å²) in [4.78, 5) is 0. The lowest BCUT2D eigenvalue weighted by Gasteiger charge is -2.17. The minimum Gasteiger partial charge on any atom is -0.378 e. The maximum Gasteiger partial charge on any atom is 0.0694 e. The van der Waals surface area contributed by atoms with Crippen LogP contribution in [-0.2, 0) is 18.3 Å². The highest BCUT2D eigenvalue weighted by atomic mass is 16.5. The topological polar surface area (TPSA) is 39.1 Å². The number of aryl methyl sites for hydroxylation is 1. The van der Waals surface area contributed by atoms with Crippen molar-refractivity contribution in [2.45, 2.75) is 52.2 Å². The number of hydrogen-bond donors (Lipinski definition) is 1. The van der Waals surface area contributed by atoms with E-state index in [9.17, 15) is 0 Å². The summed E-state index contributed by atoms with van der Waals surface area (Å²) in [5, 5.41) is 8.13. The van der Waals surface area contributed by atoms with E-state index in [4.69, 9.17) is 4.74 Å². The molecule has 2 rings (SSSR count). The summed E-state index contributed by atoms with van der Waals surface area (Å²) in [6.07, 6.45) is 4.89. The largest absolute Gasteiger partial charge is 0.378 e. The summed E-state index contributed by atoms with van der Waals surface area (Å²) in [5.74, 6) is 1.15. The Labute approximate surface area is 116 Å². The Morgan fingerprint density at radius 2 is 2.32 bits per heavy atom. The molecular weight excluding hydrogens is 238 g/mol. The first kappa shape index (κ1) is 14.5. The summed E-state index contributed by atoms with van der Waals surface area (Å²) in [6.45, 7) is 9.49. The van der Waals surface area contributed by atoms with Gasteiger partial charge >= 0.3 is 0 Å². The van der Waals surface area contributed by atoms with E-state index in [1.165, 1.54) is 17.7 Å². The molecule has 1 aromatic rings. The molecule has 1 saturated heterocycles. The molecular formula is C15H27N3O. The van der Waals surface area contributed by atoms with Crippen molar-refractivity contribution in [2.24, 2.45) is 13.0 Å². The van der Waals surface area contributed by atoms with Crippen molar-refractivity contribution in [3.63, 3.8) is 0 Å². The van der Waals surface area contributed by atoms with E-state index in [0.717, 1.165) is 26.1 Å². The van der Waals surface area contributed by atoms with Crippen molar-refractivity contribution in [2.75, 3.05) is 13.2 Å². The predicted molar refractivity (Wildman–Crippen MR) is 77.1 cm³/mol. The smallest absolute Gasteiger partial charge is 0.0694 e. The normalized spacial score (nSPS) is 23.4. The quantitative estimate of drug-likeness (QED) is 0.858. The Balaban J connectivity index is 1.85. The summed E-state index contributed by atoms with van der Waals surface area (Å²) in [6, 6.07) is 0. The molecule has 0 spiro atoms. The lowest BCUT2D eigenvalue weighted by Crippen LogP contribution is -2.28. The molecule has 2 heterocycles. The maximum absolute atomic E-state index is 5.73. The molecule has 0 radical (unpaired) electrons. The van der Waals surface area contributed by atoms with Crippen LogP contribution in [0, 0.1) is 5.92 Å². The molecule has 0 amide bonds. The Hall–Kier alpha value is -0.870. The number of hydrogen-bond acceptors (Lipinski definition) is 3. The lowest BCUT2D eigenvalue weighted by atomic mass is 9.99. The average molecular weight is 265 g/mol. The molecule has 0 saturated carbocycles. The Morgan fingerprint density at radius 1 is 1.53 bits per heavy atom. The standard InChI is InChI=1S/C15H27N3O/c1-5-14-12(6-7-19-14)8-16-9-13-10-18(4)17-15(13)11(2)3/h10-12,14,16H,5-9H2,1-4H3. The highest BCUT2D eigenvalue weighted by Gasteiger charge is 2.26. The molecule has 1 fully saturated rings. The van der Waals surface area contributed by atoms with Gasteiger partial charge < -0.3 is 10.1 Å². The zero-order chi connectivity index (χ0) is 13.8. The molecule has 1 aliphatic heterocycles. The van der Waals surface area contributed by atoms with E-state index in [1.54, 1.807) is 0 Å². The summed E-state index contributed by atoms with van der Waals surface area (Å²) >= 11 is 0. The minimum atomic E-state index is 0.450. The Bertz CT molecular complexity index is 400. The minimum absolute atomic E-state index is 0.450. The first-order chi connectivity index (χ1) is 9.11. The first-order valence-corrected chi connectivity index (χ1v) is 7.46. The van der Waals surface area contributed by atoms with Gasteiger partial charge in [-0.25, -0.2) is 0 Å². The number of ether oxygens (including phenoxy) is 1. The van der Waals surface area contributed by atoms with Crippen molar-refractivity contribution < 1.29 is 4.74 Å². The molecule has 2 atom stereocenters. The first-order valence-electron chi connectivity index (χ1n) is 7.46. The van der Waals surface area contributed by atoms with Crippen LogP contribution in [0.3, 0.4) is 0 Å². The molecule has 4 heteroatoms. The van der Waals surface area contributed by atoms with E-state index in [2.05, 4.69) is 37.4 Å². The maximum atomic E-state index is 5.73. The van der Waals surface area contributed by atoms with Gasteiger partial charge in [0.25, 0.3) is 0 Å². The number of nitrogens with zero attached hydrogens (tertiary/aromatic N) is 2. The van der Waals surface area contributed by atoms with Crippen molar-refractivity contribution in [3.05, 3.63) is 17.5 Å². The van der Waals surface area contributed by atoms with E-state index in [-0.39, 0.29) is 0 Å². The summed E-state index contributed by atoms with van der Waals surface area (Å²) in [5.41, 5.74) is 2.54. The second kappa shape index (κ2) is 6.53. The van der Waals surface area contributed by atoms with Gasteiger partial charge in [0.05, 0.1) is 11.8 Å². The number of rotatable bonds is 6. The molecule has 4 nitrogen and oxygen atoms in total. The molecule has 1 aliphatic rings. The van der Waals surface area contributed by atoms with E-state index >= 15 is 0 Å². The monoisotopic (exact) mass is 265 g/mol. The van der Waals surface area contributed by atoms with E-state index in [1.807, 2.05) is 11.7 Å². The third kappa shape index (κ3) is 3.57. The molecule has 1 N–H and O–H groups in total. The van der Waals surface area contributed by atoms with Crippen molar-refractivity contribution in [1.82, 2.24) is 15.1 Å². The summed E-state index contributed by atoms with van der Waals surface area (Å²) < 4.78 is 7.64. The zero-order valence-electron chi connectivity index (χ0n) is 12.6. The van der Waals surface area contributed by atoms with Gasteiger partial charge in [0.1, 0.15) is 0 Å². The third-order valence-corrected chi connectivity index (χ3v) is 3.95. The second-order valence-electron chi connectivity index (χ2n) is 5.87. The second-order valence-corrected chi connectivity index (χ2v) is 5.87. The summed E-state index contributed by atoms with van der Waals surface area (Å²) in [7, 11) is 1.99. The van der Waals surface area contributed by atoms with Gasteiger partial charge in [-0.1, -0.05) is 20.8 Å². The SMILES string of the molecule is CCC1OCCC1CNCc1cn(C)nc1C(C)C. The van der Waals surface area contributed by atoms with Crippen LogP contribution in [0.1, 0.15) is 50.8 Å². The van der Waals surface area contributed by atoms with Gasteiger partial charge in [0.2, 0.25) is 0 Å². The van der Waals surface area contributed by atoms with Gasteiger partial charge in [0, 0.05) is 38.5 Å². The Kier molecular flexibility index (Phi) is 4.99. The fourth-order valence-electron chi connectivity index (χ4n) is 2.95. The highest BCUT2D eigenvalue weighted by molar-refractivity contribution is 5.19. The van der Waals surface area contributed by atoms with E-state index in [0.29, 0.717) is 17.9 Å². The van der Waals surface area contributed by atoms with Gasteiger partial charge in [-0.2, -0.15) is 5.10 Å². The van der Waals surface area contributed by atoms with Crippen LogP contribution in [0.15, 0.2) is 6.20 Å². The lowest BCUT2D eigenvalue weighted by molar-refractivity contribution is 0.0872. The van der Waals surface area contributed by atoms with Crippen LogP contribution >= 0.6 is 0 Å². The molecule has 108 valence electrons. The van der Waals surface area contributed by atoms with E-state index < -0.39 is 0 Å². The van der Waals surface area contributed by atoms with Gasteiger partial charge in [0.15, 0.2) is 0 Å². The van der Waals surface area contributed by atoms with Crippen molar-refractivity contribution in [1.29, 1.82) is 0 Å². The fraction of sp³-hybridized carbons (Fsp3) is 0.800. The van der Waals surface area contributed by atoms with Crippen LogP contribution in [0.5, 0.6) is 0 Å². The van der Waals surface area contributed by atoms with Crippen LogP contribution in [0.25, 0.3) is 0 Å². The Morgan fingerprint density at radius 3 is 3.00 bits per heavy atom. The average Bonchev–Trinajstić information content (AvgIpc) is 2.95. The predicted octanol–water partition coefficient (Wildman–Crippen LogP) is 2.45. The number of nitrogens with one attached hydrogen (secondary N) is 1. The van der Waals surface area contributed by atoms with Gasteiger partial charge in [-0.15, -0.1) is 0 Å². The molecule has 2 unspecified atom stereocenters.